The molecular formula is C30H43N3O7. The summed E-state index contributed by atoms with van der Waals surface area (Å²) in [6, 6.07) is 12.3. The first kappa shape index (κ1) is 31.0. The maximum atomic E-state index is 13.7. The fourth-order valence-corrected chi connectivity index (χ4v) is 4.75. The van der Waals surface area contributed by atoms with Crippen molar-refractivity contribution in [1.29, 1.82) is 0 Å². The third-order valence-electron chi connectivity index (χ3n) is 6.62. The molecular weight excluding hydrogens is 514 g/mol. The zero-order valence-corrected chi connectivity index (χ0v) is 24.7. The Morgan fingerprint density at radius 2 is 1.55 bits per heavy atom. The zero-order chi connectivity index (χ0) is 29.3. The quantitative estimate of drug-likeness (QED) is 0.445. The summed E-state index contributed by atoms with van der Waals surface area (Å²) in [6.45, 7) is 10.6. The second kappa shape index (κ2) is 14.2. The van der Waals surface area contributed by atoms with E-state index in [1.54, 1.807) is 33.2 Å². The predicted octanol–water partition coefficient (Wildman–Crippen LogP) is 3.86. The molecule has 2 aromatic rings. The molecule has 2 atom stereocenters. The van der Waals surface area contributed by atoms with Crippen molar-refractivity contribution < 1.29 is 33.3 Å². The number of methoxy groups -OCH3 is 3. The minimum Gasteiger partial charge on any atom is -0.493 e. The molecule has 1 unspecified atom stereocenters. The van der Waals surface area contributed by atoms with Gasteiger partial charge in [0.05, 0.1) is 33.0 Å². The standard InChI is InChI=1S/C30H43N3O7/c1-21(40-30(2,3)4)25(31-29(35)39-20-22-11-9-8-10-12-22)28(34)33-17-15-32(16-18-33)19-23-13-14-24(36-5)27(38-7)26(23)37-6/h8-14,21,25H,15-20H2,1-7H3,(H,31,35)/t21?,25-/m0/s1. The molecule has 0 bridgehead atoms. The highest BCUT2D eigenvalue weighted by Gasteiger charge is 2.35. The van der Waals surface area contributed by atoms with Gasteiger partial charge in [-0.05, 0) is 39.3 Å². The van der Waals surface area contributed by atoms with E-state index < -0.39 is 23.8 Å². The Bertz CT molecular complexity index is 1110. The molecule has 2 aromatic carbocycles. The van der Waals surface area contributed by atoms with Gasteiger partial charge in [-0.3, -0.25) is 9.69 Å². The number of rotatable bonds is 11. The summed E-state index contributed by atoms with van der Waals surface area (Å²) in [7, 11) is 4.78. The van der Waals surface area contributed by atoms with Gasteiger partial charge < -0.3 is 33.9 Å². The Morgan fingerprint density at radius 3 is 2.12 bits per heavy atom. The third-order valence-corrected chi connectivity index (χ3v) is 6.62. The predicted molar refractivity (Wildman–Crippen MR) is 152 cm³/mol. The van der Waals surface area contributed by atoms with Gasteiger partial charge in [-0.2, -0.15) is 0 Å². The highest BCUT2D eigenvalue weighted by Crippen LogP contribution is 2.40. The third kappa shape index (κ3) is 8.50. The molecule has 0 aliphatic carbocycles. The lowest BCUT2D eigenvalue weighted by atomic mass is 10.1. The Hall–Kier alpha value is -3.50. The second-order valence-corrected chi connectivity index (χ2v) is 10.7. The van der Waals surface area contributed by atoms with Gasteiger partial charge in [-0.15, -0.1) is 0 Å². The number of carbonyl (C=O) groups excluding carboxylic acids is 2. The average Bonchev–Trinajstić information content (AvgIpc) is 2.94. The first-order valence-electron chi connectivity index (χ1n) is 13.5. The number of piperazine rings is 1. The Morgan fingerprint density at radius 1 is 0.900 bits per heavy atom. The van der Waals surface area contributed by atoms with Crippen molar-refractivity contribution in [3.05, 3.63) is 53.6 Å². The van der Waals surface area contributed by atoms with E-state index in [0.717, 1.165) is 11.1 Å². The van der Waals surface area contributed by atoms with Gasteiger partial charge in [0.25, 0.3) is 0 Å². The Labute approximate surface area is 237 Å². The summed E-state index contributed by atoms with van der Waals surface area (Å²) >= 11 is 0. The van der Waals surface area contributed by atoms with Crippen molar-refractivity contribution in [3.8, 4) is 17.2 Å². The van der Waals surface area contributed by atoms with E-state index in [9.17, 15) is 9.59 Å². The van der Waals surface area contributed by atoms with E-state index in [1.165, 1.54) is 0 Å². The first-order chi connectivity index (χ1) is 19.1. The maximum Gasteiger partial charge on any atom is 0.408 e. The Balaban J connectivity index is 1.64. The first-order valence-corrected chi connectivity index (χ1v) is 13.5. The monoisotopic (exact) mass is 557 g/mol. The topological polar surface area (TPSA) is 98.8 Å². The fourth-order valence-electron chi connectivity index (χ4n) is 4.75. The number of alkyl carbamates (subject to hydrolysis) is 1. The fraction of sp³-hybridized carbons (Fsp3) is 0.533. The van der Waals surface area contributed by atoms with Crippen LogP contribution in [0.25, 0.3) is 0 Å². The molecule has 2 amide bonds. The molecule has 1 heterocycles. The number of ether oxygens (including phenoxy) is 5. The van der Waals surface area contributed by atoms with Crippen LogP contribution >= 0.6 is 0 Å². The lowest BCUT2D eigenvalue weighted by Crippen LogP contribution is -2.58. The summed E-state index contributed by atoms with van der Waals surface area (Å²) in [5.74, 6) is 1.59. The van der Waals surface area contributed by atoms with Crippen LogP contribution in [0.4, 0.5) is 4.79 Å². The lowest BCUT2D eigenvalue weighted by Gasteiger charge is -2.38. The molecule has 0 aromatic heterocycles. The molecule has 220 valence electrons. The van der Waals surface area contributed by atoms with Gasteiger partial charge in [-0.25, -0.2) is 4.79 Å². The van der Waals surface area contributed by atoms with E-state index in [1.807, 2.05) is 63.2 Å². The summed E-state index contributed by atoms with van der Waals surface area (Å²) in [6.07, 6.45) is -1.23. The number of nitrogens with one attached hydrogen (secondary N) is 1. The number of hydrogen-bond acceptors (Lipinski definition) is 8. The molecule has 10 heteroatoms. The number of nitrogens with zero attached hydrogens (tertiary/aromatic N) is 2. The second-order valence-electron chi connectivity index (χ2n) is 10.7. The van der Waals surface area contributed by atoms with Gasteiger partial charge in [-0.1, -0.05) is 36.4 Å². The van der Waals surface area contributed by atoms with E-state index >= 15 is 0 Å². The molecule has 0 radical (unpaired) electrons. The Kier molecular flexibility index (Phi) is 11.0. The highest BCUT2D eigenvalue weighted by molar-refractivity contribution is 5.86. The van der Waals surface area contributed by atoms with Crippen molar-refractivity contribution >= 4 is 12.0 Å². The van der Waals surface area contributed by atoms with Crippen LogP contribution in [0.2, 0.25) is 0 Å². The van der Waals surface area contributed by atoms with E-state index in [4.69, 9.17) is 23.7 Å². The van der Waals surface area contributed by atoms with Crippen LogP contribution in [0.5, 0.6) is 17.2 Å². The summed E-state index contributed by atoms with van der Waals surface area (Å²) in [5, 5.41) is 2.76. The minimum absolute atomic E-state index is 0.111. The van der Waals surface area contributed by atoms with Gasteiger partial charge >= 0.3 is 6.09 Å². The maximum absolute atomic E-state index is 13.7. The van der Waals surface area contributed by atoms with Crippen LogP contribution in [0.1, 0.15) is 38.8 Å². The average molecular weight is 558 g/mol. The molecule has 1 fully saturated rings. The highest BCUT2D eigenvalue weighted by atomic mass is 16.6. The van der Waals surface area contributed by atoms with E-state index in [2.05, 4.69) is 10.2 Å². The molecule has 40 heavy (non-hydrogen) atoms. The van der Waals surface area contributed by atoms with Crippen LogP contribution < -0.4 is 19.5 Å². The molecule has 1 saturated heterocycles. The molecule has 1 aliphatic rings. The van der Waals surface area contributed by atoms with Crippen LogP contribution in [0.3, 0.4) is 0 Å². The smallest absolute Gasteiger partial charge is 0.408 e. The van der Waals surface area contributed by atoms with E-state index in [0.29, 0.717) is 50.0 Å². The molecule has 0 saturated carbocycles. The van der Waals surface area contributed by atoms with Crippen molar-refractivity contribution in [2.45, 2.75) is 58.6 Å². The van der Waals surface area contributed by atoms with Gasteiger partial charge in [0.2, 0.25) is 11.7 Å². The van der Waals surface area contributed by atoms with Crippen molar-refractivity contribution in [2.75, 3.05) is 47.5 Å². The molecule has 3 rings (SSSR count). The van der Waals surface area contributed by atoms with Crippen molar-refractivity contribution in [1.82, 2.24) is 15.1 Å². The number of benzene rings is 2. The zero-order valence-electron chi connectivity index (χ0n) is 24.7. The molecule has 1 N–H and O–H groups in total. The van der Waals surface area contributed by atoms with Crippen LogP contribution in [-0.4, -0.2) is 87.1 Å². The molecule has 10 nitrogen and oxygen atoms in total. The van der Waals surface area contributed by atoms with Crippen molar-refractivity contribution in [3.63, 3.8) is 0 Å². The van der Waals surface area contributed by atoms with Crippen LogP contribution in [-0.2, 0) is 27.4 Å². The molecule has 0 spiro atoms. The van der Waals surface area contributed by atoms with Crippen LogP contribution in [0.15, 0.2) is 42.5 Å². The largest absolute Gasteiger partial charge is 0.493 e. The minimum atomic E-state index is -0.889. The van der Waals surface area contributed by atoms with E-state index in [-0.39, 0.29) is 12.5 Å². The SMILES string of the molecule is COc1ccc(CN2CCN(C(=O)[C@@H](NC(=O)OCc3ccccc3)C(C)OC(C)(C)C)CC2)c(OC)c1OC. The van der Waals surface area contributed by atoms with Crippen LogP contribution in [0, 0.1) is 0 Å². The number of carbonyl (C=O) groups is 2. The summed E-state index contributed by atoms with van der Waals surface area (Å²) < 4.78 is 28.0. The number of hydrogen-bond donors (Lipinski definition) is 1. The van der Waals surface area contributed by atoms with Gasteiger partial charge in [0.1, 0.15) is 12.6 Å². The molecule has 1 aliphatic heterocycles. The lowest BCUT2D eigenvalue weighted by molar-refractivity contribution is -0.142. The normalized spacial score (nSPS) is 15.6. The van der Waals surface area contributed by atoms with Gasteiger partial charge in [0.15, 0.2) is 11.5 Å². The number of amides is 2. The van der Waals surface area contributed by atoms with Crippen molar-refractivity contribution in [2.24, 2.45) is 0 Å². The summed E-state index contributed by atoms with van der Waals surface area (Å²) in [5.41, 5.74) is 1.33. The van der Waals surface area contributed by atoms with Gasteiger partial charge in [0, 0.05) is 38.3 Å². The summed E-state index contributed by atoms with van der Waals surface area (Å²) in [4.78, 5) is 30.4.